The molecule has 0 aromatic heterocycles. The Morgan fingerprint density at radius 2 is 2.21 bits per heavy atom. The van der Waals surface area contributed by atoms with Crippen molar-refractivity contribution in [1.29, 1.82) is 0 Å². The van der Waals surface area contributed by atoms with Gasteiger partial charge < -0.3 is 10.1 Å². The largest absolute Gasteiger partial charge is 0.378 e. The molecule has 3 unspecified atom stereocenters. The Bertz CT molecular complexity index is 175. The van der Waals surface area contributed by atoms with Gasteiger partial charge in [0.25, 0.3) is 0 Å². The summed E-state index contributed by atoms with van der Waals surface area (Å²) in [5, 5.41) is 3.63. The summed E-state index contributed by atoms with van der Waals surface area (Å²) in [6, 6.07) is 0.720. The van der Waals surface area contributed by atoms with Gasteiger partial charge in [-0.2, -0.15) is 0 Å². The first-order valence-corrected chi connectivity index (χ1v) is 6.12. The van der Waals surface area contributed by atoms with E-state index in [2.05, 4.69) is 19.2 Å². The van der Waals surface area contributed by atoms with Crippen LogP contribution in [0, 0.1) is 11.8 Å². The molecule has 0 saturated carbocycles. The van der Waals surface area contributed by atoms with Crippen LogP contribution < -0.4 is 5.32 Å². The van der Waals surface area contributed by atoms with Gasteiger partial charge in [0.05, 0.1) is 6.10 Å². The summed E-state index contributed by atoms with van der Waals surface area (Å²) in [5.41, 5.74) is 0. The molecule has 0 amide bonds. The molecule has 2 nitrogen and oxygen atoms in total. The lowest BCUT2D eigenvalue weighted by molar-refractivity contribution is 0.0553. The van der Waals surface area contributed by atoms with Gasteiger partial charge in [-0.1, -0.05) is 13.8 Å². The Kier molecular flexibility index (Phi) is 3.45. The van der Waals surface area contributed by atoms with E-state index in [1.807, 2.05) is 0 Å². The van der Waals surface area contributed by atoms with Crippen LogP contribution in [0.2, 0.25) is 0 Å². The van der Waals surface area contributed by atoms with E-state index in [4.69, 9.17) is 4.74 Å². The molecule has 0 aromatic rings. The number of hydrogen-bond donors (Lipinski definition) is 1. The Morgan fingerprint density at radius 1 is 1.36 bits per heavy atom. The fraction of sp³-hybridized carbons (Fsp3) is 1.00. The van der Waals surface area contributed by atoms with Crippen LogP contribution in [0.1, 0.15) is 39.5 Å². The van der Waals surface area contributed by atoms with Crippen LogP contribution in [-0.2, 0) is 4.74 Å². The van der Waals surface area contributed by atoms with E-state index < -0.39 is 0 Å². The zero-order chi connectivity index (χ0) is 9.97. The lowest BCUT2D eigenvalue weighted by Gasteiger charge is -2.25. The third kappa shape index (κ3) is 2.29. The van der Waals surface area contributed by atoms with E-state index in [1.165, 1.54) is 32.2 Å². The summed E-state index contributed by atoms with van der Waals surface area (Å²) >= 11 is 0. The molecule has 14 heavy (non-hydrogen) atoms. The minimum absolute atomic E-state index is 0.564. The van der Waals surface area contributed by atoms with E-state index in [0.717, 1.165) is 24.5 Å². The number of nitrogens with one attached hydrogen (secondary N) is 1. The van der Waals surface area contributed by atoms with Crippen molar-refractivity contribution in [2.45, 2.75) is 51.7 Å². The average Bonchev–Trinajstić information content (AvgIpc) is 2.70. The van der Waals surface area contributed by atoms with E-state index in [0.29, 0.717) is 6.10 Å². The van der Waals surface area contributed by atoms with Crippen LogP contribution in [0.3, 0.4) is 0 Å². The predicted octanol–water partition coefficient (Wildman–Crippen LogP) is 2.19. The first-order chi connectivity index (χ1) is 6.77. The maximum absolute atomic E-state index is 5.81. The number of hydrogen-bond acceptors (Lipinski definition) is 2. The molecule has 0 bridgehead atoms. The van der Waals surface area contributed by atoms with Crippen LogP contribution in [-0.4, -0.2) is 25.3 Å². The minimum atomic E-state index is 0.564. The summed E-state index contributed by atoms with van der Waals surface area (Å²) in [6.07, 6.45) is 5.76. The van der Waals surface area contributed by atoms with Crippen molar-refractivity contribution in [3.8, 4) is 0 Å². The zero-order valence-electron chi connectivity index (χ0n) is 9.46. The molecule has 2 heterocycles. The molecule has 2 rings (SSSR count). The van der Waals surface area contributed by atoms with E-state index in [1.54, 1.807) is 0 Å². The Hall–Kier alpha value is -0.0800. The molecule has 0 aliphatic carbocycles. The van der Waals surface area contributed by atoms with Gasteiger partial charge in [-0.05, 0) is 38.1 Å². The minimum Gasteiger partial charge on any atom is -0.378 e. The standard InChI is InChI=1S/C12H23NO/c1-9(2)8-11-10(5-6-13-11)12-4-3-7-14-12/h9-13H,3-8H2,1-2H3. The van der Waals surface area contributed by atoms with Crippen molar-refractivity contribution >= 4 is 0 Å². The molecular formula is C12H23NO. The highest BCUT2D eigenvalue weighted by Crippen LogP contribution is 2.31. The quantitative estimate of drug-likeness (QED) is 0.749. The lowest BCUT2D eigenvalue weighted by Crippen LogP contribution is -2.34. The van der Waals surface area contributed by atoms with Crippen LogP contribution in [0.4, 0.5) is 0 Å². The molecular weight excluding hydrogens is 174 g/mol. The van der Waals surface area contributed by atoms with Gasteiger partial charge in [0.1, 0.15) is 0 Å². The molecule has 3 atom stereocenters. The summed E-state index contributed by atoms with van der Waals surface area (Å²) in [5.74, 6) is 1.59. The zero-order valence-corrected chi connectivity index (χ0v) is 9.46. The molecule has 0 aromatic carbocycles. The van der Waals surface area contributed by atoms with Crippen LogP contribution in [0.15, 0.2) is 0 Å². The maximum atomic E-state index is 5.81. The molecule has 2 saturated heterocycles. The second kappa shape index (κ2) is 4.63. The van der Waals surface area contributed by atoms with E-state index in [9.17, 15) is 0 Å². The van der Waals surface area contributed by atoms with Crippen molar-refractivity contribution in [3.05, 3.63) is 0 Å². The van der Waals surface area contributed by atoms with E-state index in [-0.39, 0.29) is 0 Å². The summed E-state index contributed by atoms with van der Waals surface area (Å²) in [6.45, 7) is 6.82. The van der Waals surface area contributed by atoms with Gasteiger partial charge in [-0.3, -0.25) is 0 Å². The Balaban J connectivity index is 1.89. The number of rotatable bonds is 3. The van der Waals surface area contributed by atoms with Crippen molar-refractivity contribution in [1.82, 2.24) is 5.32 Å². The monoisotopic (exact) mass is 197 g/mol. The third-order valence-electron chi connectivity index (χ3n) is 3.57. The second-order valence-corrected chi connectivity index (χ2v) is 5.19. The third-order valence-corrected chi connectivity index (χ3v) is 3.57. The second-order valence-electron chi connectivity index (χ2n) is 5.19. The Labute approximate surface area is 87.4 Å². The van der Waals surface area contributed by atoms with Gasteiger partial charge >= 0.3 is 0 Å². The topological polar surface area (TPSA) is 21.3 Å². The Morgan fingerprint density at radius 3 is 2.86 bits per heavy atom. The molecule has 0 spiro atoms. The highest BCUT2D eigenvalue weighted by molar-refractivity contribution is 4.90. The maximum Gasteiger partial charge on any atom is 0.0619 e. The molecule has 0 radical (unpaired) electrons. The van der Waals surface area contributed by atoms with Crippen molar-refractivity contribution < 1.29 is 4.74 Å². The summed E-state index contributed by atoms with van der Waals surface area (Å²) < 4.78 is 5.81. The molecule has 82 valence electrons. The highest BCUT2D eigenvalue weighted by atomic mass is 16.5. The average molecular weight is 197 g/mol. The van der Waals surface area contributed by atoms with Crippen LogP contribution >= 0.6 is 0 Å². The van der Waals surface area contributed by atoms with Crippen molar-refractivity contribution in [2.75, 3.05) is 13.2 Å². The lowest BCUT2D eigenvalue weighted by atomic mass is 9.88. The normalized spacial score (nSPS) is 38.4. The molecule has 2 aliphatic heterocycles. The molecule has 2 heteroatoms. The smallest absolute Gasteiger partial charge is 0.0619 e. The summed E-state index contributed by atoms with van der Waals surface area (Å²) in [7, 11) is 0. The highest BCUT2D eigenvalue weighted by Gasteiger charge is 2.35. The van der Waals surface area contributed by atoms with Crippen molar-refractivity contribution in [2.24, 2.45) is 11.8 Å². The van der Waals surface area contributed by atoms with Gasteiger partial charge in [-0.15, -0.1) is 0 Å². The molecule has 2 fully saturated rings. The van der Waals surface area contributed by atoms with Gasteiger partial charge in [0.2, 0.25) is 0 Å². The first-order valence-electron chi connectivity index (χ1n) is 6.12. The molecule has 2 aliphatic rings. The first kappa shape index (κ1) is 10.4. The molecule has 1 N–H and O–H groups in total. The van der Waals surface area contributed by atoms with Crippen LogP contribution in [0.25, 0.3) is 0 Å². The summed E-state index contributed by atoms with van der Waals surface area (Å²) in [4.78, 5) is 0. The van der Waals surface area contributed by atoms with Crippen molar-refractivity contribution in [3.63, 3.8) is 0 Å². The van der Waals surface area contributed by atoms with E-state index >= 15 is 0 Å². The number of ether oxygens (including phenoxy) is 1. The fourth-order valence-electron chi connectivity index (χ4n) is 2.94. The van der Waals surface area contributed by atoms with Gasteiger partial charge in [0.15, 0.2) is 0 Å². The van der Waals surface area contributed by atoms with Gasteiger partial charge in [0, 0.05) is 18.6 Å². The predicted molar refractivity (Wildman–Crippen MR) is 58.3 cm³/mol. The SMILES string of the molecule is CC(C)CC1NCCC1C1CCCO1. The van der Waals surface area contributed by atoms with Gasteiger partial charge in [-0.25, -0.2) is 0 Å². The van der Waals surface area contributed by atoms with Crippen LogP contribution in [0.5, 0.6) is 0 Å². The fourth-order valence-corrected chi connectivity index (χ4v) is 2.94.